The fourth-order valence-corrected chi connectivity index (χ4v) is 2.88. The summed E-state index contributed by atoms with van der Waals surface area (Å²) >= 11 is 6.20. The third-order valence-electron chi connectivity index (χ3n) is 4.04. The molecule has 0 radical (unpaired) electrons. The van der Waals surface area contributed by atoms with Crippen LogP contribution in [0.15, 0.2) is 42.5 Å². The van der Waals surface area contributed by atoms with Crippen LogP contribution in [0.3, 0.4) is 0 Å². The number of benzene rings is 2. The van der Waals surface area contributed by atoms with Gasteiger partial charge in [0.25, 0.3) is 0 Å². The van der Waals surface area contributed by atoms with E-state index in [1.807, 2.05) is 43.3 Å². The smallest absolute Gasteiger partial charge is 0.232 e. The monoisotopic (exact) mass is 399 g/mol. The zero-order chi connectivity index (χ0) is 19.9. The summed E-state index contributed by atoms with van der Waals surface area (Å²) in [6.07, 6.45) is 0.763. The van der Waals surface area contributed by atoms with Crippen molar-refractivity contribution in [3.05, 3.63) is 58.9 Å². The first-order valence-corrected chi connectivity index (χ1v) is 9.16. The minimum Gasteiger partial charge on any atom is -0.497 e. The number of hydrogen-bond donors (Lipinski definition) is 2. The average Bonchev–Trinajstić information content (AvgIpc) is 2.69. The normalized spacial score (nSPS) is 10.4. The third-order valence-corrected chi connectivity index (χ3v) is 4.41. The van der Waals surface area contributed by atoms with Crippen LogP contribution in [0.5, 0.6) is 11.5 Å². The van der Waals surface area contributed by atoms with E-state index in [-0.39, 0.29) is 0 Å². The van der Waals surface area contributed by atoms with Crippen LogP contribution in [0.2, 0.25) is 5.02 Å². The Bertz CT molecular complexity index is 952. The molecule has 0 saturated heterocycles. The van der Waals surface area contributed by atoms with E-state index in [9.17, 15) is 0 Å². The van der Waals surface area contributed by atoms with Gasteiger partial charge in [0.1, 0.15) is 17.3 Å². The number of halogens is 1. The van der Waals surface area contributed by atoms with Crippen molar-refractivity contribution in [2.75, 3.05) is 31.4 Å². The van der Waals surface area contributed by atoms with Crippen molar-refractivity contribution in [2.45, 2.75) is 13.3 Å². The van der Waals surface area contributed by atoms with E-state index in [4.69, 9.17) is 21.1 Å². The molecule has 0 unspecified atom stereocenters. The lowest BCUT2D eigenvalue weighted by Crippen LogP contribution is -2.11. The number of methoxy groups -OCH3 is 2. The Morgan fingerprint density at radius 3 is 2.50 bits per heavy atom. The molecule has 7 nitrogen and oxygen atoms in total. The van der Waals surface area contributed by atoms with E-state index >= 15 is 0 Å². The van der Waals surface area contributed by atoms with Crippen LogP contribution in [-0.4, -0.2) is 35.7 Å². The van der Waals surface area contributed by atoms with Crippen molar-refractivity contribution in [1.29, 1.82) is 0 Å². The maximum absolute atomic E-state index is 6.20. The van der Waals surface area contributed by atoms with Gasteiger partial charge in [-0.3, -0.25) is 0 Å². The molecule has 0 amide bonds. The van der Waals surface area contributed by atoms with Gasteiger partial charge in [-0.15, -0.1) is 0 Å². The second-order valence-corrected chi connectivity index (χ2v) is 6.40. The molecule has 8 heteroatoms. The van der Waals surface area contributed by atoms with Gasteiger partial charge in [0.05, 0.1) is 19.9 Å². The summed E-state index contributed by atoms with van der Waals surface area (Å²) in [6.45, 7) is 2.47. The first kappa shape index (κ1) is 19.7. The minimum absolute atomic E-state index is 0.427. The summed E-state index contributed by atoms with van der Waals surface area (Å²) < 4.78 is 10.6. The molecule has 3 rings (SSSR count). The molecule has 0 aliphatic rings. The standard InChI is InChI=1S/C20H22ClN5O2/c1-13-23-19(22-11-10-14-6-4-5-7-16(14)21)26-20(24-13)25-17-9-8-15(27-2)12-18(17)28-3/h4-9,12H,10-11H2,1-3H3,(H2,22,23,24,25,26). The molecule has 2 N–H and O–H groups in total. The zero-order valence-corrected chi connectivity index (χ0v) is 16.7. The fourth-order valence-electron chi connectivity index (χ4n) is 2.65. The van der Waals surface area contributed by atoms with Crippen molar-refractivity contribution in [3.63, 3.8) is 0 Å². The van der Waals surface area contributed by atoms with Crippen LogP contribution in [0.25, 0.3) is 0 Å². The molecule has 0 saturated carbocycles. The molecule has 3 aromatic rings. The van der Waals surface area contributed by atoms with Gasteiger partial charge in [-0.25, -0.2) is 0 Å². The third kappa shape index (κ3) is 5.01. The minimum atomic E-state index is 0.427. The highest BCUT2D eigenvalue weighted by molar-refractivity contribution is 6.31. The zero-order valence-electron chi connectivity index (χ0n) is 16.0. The Morgan fingerprint density at radius 2 is 1.75 bits per heavy atom. The van der Waals surface area contributed by atoms with Crippen LogP contribution < -0.4 is 20.1 Å². The molecule has 0 aliphatic heterocycles. The molecule has 1 aromatic heterocycles. The van der Waals surface area contributed by atoms with Crippen LogP contribution in [0, 0.1) is 6.92 Å². The molecule has 0 fully saturated rings. The number of aryl methyl sites for hydroxylation is 1. The van der Waals surface area contributed by atoms with Gasteiger partial charge in [0, 0.05) is 17.6 Å². The number of anilines is 3. The van der Waals surface area contributed by atoms with E-state index < -0.39 is 0 Å². The number of rotatable bonds is 8. The van der Waals surface area contributed by atoms with Crippen LogP contribution >= 0.6 is 11.6 Å². The maximum Gasteiger partial charge on any atom is 0.232 e. The van der Waals surface area contributed by atoms with Crippen LogP contribution in [0.4, 0.5) is 17.6 Å². The second kappa shape index (κ2) is 9.23. The highest BCUT2D eigenvalue weighted by Gasteiger charge is 2.09. The van der Waals surface area contributed by atoms with E-state index in [2.05, 4.69) is 25.6 Å². The van der Waals surface area contributed by atoms with E-state index in [0.717, 1.165) is 22.7 Å². The Hall–Kier alpha value is -3.06. The van der Waals surface area contributed by atoms with Gasteiger partial charge < -0.3 is 20.1 Å². The molecule has 2 aromatic carbocycles. The molecule has 0 aliphatic carbocycles. The second-order valence-electron chi connectivity index (χ2n) is 5.99. The lowest BCUT2D eigenvalue weighted by atomic mass is 10.1. The van der Waals surface area contributed by atoms with Crippen LogP contribution in [0.1, 0.15) is 11.4 Å². The molecule has 146 valence electrons. The van der Waals surface area contributed by atoms with Gasteiger partial charge in [0.15, 0.2) is 0 Å². The number of aromatic nitrogens is 3. The fraction of sp³-hybridized carbons (Fsp3) is 0.250. The maximum atomic E-state index is 6.20. The topological polar surface area (TPSA) is 81.2 Å². The predicted molar refractivity (Wildman–Crippen MR) is 111 cm³/mol. The van der Waals surface area contributed by atoms with Crippen molar-refractivity contribution in [1.82, 2.24) is 15.0 Å². The Kier molecular flexibility index (Phi) is 6.49. The molecular weight excluding hydrogens is 378 g/mol. The van der Waals surface area contributed by atoms with E-state index in [1.54, 1.807) is 20.3 Å². The molecule has 28 heavy (non-hydrogen) atoms. The molecule has 0 spiro atoms. The molecule has 0 atom stereocenters. The van der Waals surface area contributed by atoms with Crippen molar-refractivity contribution in [2.24, 2.45) is 0 Å². The lowest BCUT2D eigenvalue weighted by Gasteiger charge is -2.13. The summed E-state index contributed by atoms with van der Waals surface area (Å²) in [5.74, 6) is 2.86. The van der Waals surface area contributed by atoms with Crippen molar-refractivity contribution < 1.29 is 9.47 Å². The Labute approximate surface area is 169 Å². The van der Waals surface area contributed by atoms with E-state index in [0.29, 0.717) is 35.8 Å². The summed E-state index contributed by atoms with van der Waals surface area (Å²) in [4.78, 5) is 13.1. The largest absolute Gasteiger partial charge is 0.497 e. The number of nitrogens with zero attached hydrogens (tertiary/aromatic N) is 3. The summed E-state index contributed by atoms with van der Waals surface area (Å²) in [5, 5.41) is 7.15. The number of ether oxygens (including phenoxy) is 2. The molecule has 0 bridgehead atoms. The average molecular weight is 400 g/mol. The number of nitrogens with one attached hydrogen (secondary N) is 2. The van der Waals surface area contributed by atoms with Gasteiger partial charge in [0.2, 0.25) is 11.9 Å². The lowest BCUT2D eigenvalue weighted by molar-refractivity contribution is 0.395. The van der Waals surface area contributed by atoms with E-state index in [1.165, 1.54) is 0 Å². The quantitative estimate of drug-likeness (QED) is 0.586. The van der Waals surface area contributed by atoms with Gasteiger partial charge >= 0.3 is 0 Å². The molecule has 1 heterocycles. The molecular formula is C20H22ClN5O2. The summed E-state index contributed by atoms with van der Waals surface area (Å²) in [5.41, 5.74) is 1.81. The highest BCUT2D eigenvalue weighted by Crippen LogP contribution is 2.30. The Balaban J connectivity index is 1.70. The van der Waals surface area contributed by atoms with Crippen molar-refractivity contribution in [3.8, 4) is 11.5 Å². The van der Waals surface area contributed by atoms with Gasteiger partial charge in [-0.2, -0.15) is 15.0 Å². The first-order chi connectivity index (χ1) is 13.6. The SMILES string of the molecule is COc1ccc(Nc2nc(C)nc(NCCc3ccccc3Cl)n2)c(OC)c1. The first-order valence-electron chi connectivity index (χ1n) is 8.78. The Morgan fingerprint density at radius 1 is 0.964 bits per heavy atom. The summed E-state index contributed by atoms with van der Waals surface area (Å²) in [7, 11) is 3.21. The van der Waals surface area contributed by atoms with Crippen LogP contribution in [-0.2, 0) is 6.42 Å². The predicted octanol–water partition coefficient (Wildman–Crippen LogP) is 4.25. The van der Waals surface area contributed by atoms with Crippen molar-refractivity contribution >= 4 is 29.2 Å². The highest BCUT2D eigenvalue weighted by atomic mass is 35.5. The summed E-state index contributed by atoms with van der Waals surface area (Å²) in [6, 6.07) is 13.3. The van der Waals surface area contributed by atoms with Gasteiger partial charge in [-0.05, 0) is 37.1 Å². The van der Waals surface area contributed by atoms with Gasteiger partial charge in [-0.1, -0.05) is 29.8 Å². The number of hydrogen-bond acceptors (Lipinski definition) is 7.